The average molecular weight is 263 g/mol. The van der Waals surface area contributed by atoms with Crippen molar-refractivity contribution in [1.29, 1.82) is 15.8 Å². The van der Waals surface area contributed by atoms with Crippen molar-refractivity contribution >= 4 is 5.69 Å². The monoisotopic (exact) mass is 263 g/mol. The quantitative estimate of drug-likeness (QED) is 0.816. The molecule has 98 valence electrons. The van der Waals surface area contributed by atoms with E-state index < -0.39 is 0 Å². The lowest BCUT2D eigenvalue weighted by Crippen LogP contribution is -2.13. The average Bonchev–Trinajstić information content (AvgIpc) is 3.02. The van der Waals surface area contributed by atoms with E-state index in [1.807, 2.05) is 30.3 Å². The molecule has 1 atom stereocenters. The van der Waals surface area contributed by atoms with Crippen LogP contribution in [0, 0.1) is 34.0 Å². The Morgan fingerprint density at radius 1 is 1.20 bits per heavy atom. The van der Waals surface area contributed by atoms with Gasteiger partial charge in [0.1, 0.15) is 23.9 Å². The van der Waals surface area contributed by atoms with Crippen molar-refractivity contribution in [2.45, 2.75) is 18.9 Å². The third-order valence-corrected chi connectivity index (χ3v) is 3.20. The highest BCUT2D eigenvalue weighted by Crippen LogP contribution is 2.25. The summed E-state index contributed by atoms with van der Waals surface area (Å²) < 4.78 is 0. The Hall–Kier alpha value is -2.81. The van der Waals surface area contributed by atoms with E-state index in [0.29, 0.717) is 11.7 Å². The molecule has 1 saturated heterocycles. The minimum Gasteiger partial charge on any atom is -0.345 e. The van der Waals surface area contributed by atoms with Crippen molar-refractivity contribution in [3.8, 4) is 18.2 Å². The Balaban J connectivity index is 2.24. The molecule has 0 aliphatic carbocycles. The second-order valence-electron chi connectivity index (χ2n) is 4.48. The van der Waals surface area contributed by atoms with Gasteiger partial charge in [-0.05, 0) is 37.1 Å². The van der Waals surface area contributed by atoms with Gasteiger partial charge in [0, 0.05) is 11.7 Å². The van der Waals surface area contributed by atoms with Crippen LogP contribution in [0.5, 0.6) is 0 Å². The Labute approximate surface area is 117 Å². The fourth-order valence-electron chi connectivity index (χ4n) is 2.23. The number of benzene rings is 1. The molecule has 1 aliphatic rings. The number of hydrogen-bond acceptors (Lipinski definition) is 5. The summed E-state index contributed by atoms with van der Waals surface area (Å²) in [4.78, 5) is 0. The number of rotatable bonds is 3. The largest absolute Gasteiger partial charge is 0.345 e. The van der Waals surface area contributed by atoms with Crippen LogP contribution in [0.25, 0.3) is 0 Å². The van der Waals surface area contributed by atoms with Gasteiger partial charge in [0.15, 0.2) is 5.57 Å². The SMILES string of the molecule is N#CC(C#N)=C(C#N)Nc1cccc(C2CCCN2)c1. The van der Waals surface area contributed by atoms with Gasteiger partial charge < -0.3 is 10.6 Å². The van der Waals surface area contributed by atoms with Crippen LogP contribution in [-0.4, -0.2) is 6.54 Å². The minimum absolute atomic E-state index is 0.0217. The first kappa shape index (κ1) is 13.6. The standard InChI is InChI=1S/C15H13N5/c16-8-12(9-17)15(10-18)20-13-4-1-3-11(7-13)14-5-2-6-19-14/h1,3-4,7,14,19-20H,2,5-6H2. The van der Waals surface area contributed by atoms with Crippen LogP contribution in [0.3, 0.4) is 0 Å². The molecule has 1 aromatic carbocycles. The maximum Gasteiger partial charge on any atom is 0.163 e. The summed E-state index contributed by atoms with van der Waals surface area (Å²) in [6.45, 7) is 1.01. The van der Waals surface area contributed by atoms with Crippen molar-refractivity contribution in [3.63, 3.8) is 0 Å². The van der Waals surface area contributed by atoms with Crippen LogP contribution in [-0.2, 0) is 0 Å². The highest BCUT2D eigenvalue weighted by molar-refractivity contribution is 5.59. The smallest absolute Gasteiger partial charge is 0.163 e. The van der Waals surface area contributed by atoms with Gasteiger partial charge in [-0.2, -0.15) is 15.8 Å². The van der Waals surface area contributed by atoms with E-state index in [9.17, 15) is 0 Å². The zero-order valence-electron chi connectivity index (χ0n) is 10.8. The maximum atomic E-state index is 9.02. The Bertz CT molecular complexity index is 632. The van der Waals surface area contributed by atoms with Crippen LogP contribution in [0.15, 0.2) is 35.5 Å². The van der Waals surface area contributed by atoms with E-state index in [2.05, 4.69) is 10.6 Å². The molecule has 0 radical (unpaired) electrons. The third-order valence-electron chi connectivity index (χ3n) is 3.20. The molecule has 2 N–H and O–H groups in total. The van der Waals surface area contributed by atoms with E-state index in [4.69, 9.17) is 15.8 Å². The van der Waals surface area contributed by atoms with E-state index in [0.717, 1.165) is 24.9 Å². The molecular formula is C15H13N5. The molecule has 20 heavy (non-hydrogen) atoms. The van der Waals surface area contributed by atoms with E-state index in [1.165, 1.54) is 0 Å². The summed E-state index contributed by atoms with van der Waals surface area (Å²) in [6, 6.07) is 13.3. The van der Waals surface area contributed by atoms with Gasteiger partial charge >= 0.3 is 0 Å². The molecule has 5 heteroatoms. The maximum absolute atomic E-state index is 9.02. The first-order valence-corrected chi connectivity index (χ1v) is 6.33. The highest BCUT2D eigenvalue weighted by Gasteiger charge is 2.16. The van der Waals surface area contributed by atoms with Crippen LogP contribution in [0.2, 0.25) is 0 Å². The summed E-state index contributed by atoms with van der Waals surface area (Å²) >= 11 is 0. The van der Waals surface area contributed by atoms with Crippen molar-refractivity contribution < 1.29 is 0 Å². The number of nitriles is 3. The molecule has 1 aliphatic heterocycles. The fraction of sp³-hybridized carbons (Fsp3) is 0.267. The molecule has 0 bridgehead atoms. The lowest BCUT2D eigenvalue weighted by molar-refractivity contribution is 0.648. The molecular weight excluding hydrogens is 250 g/mol. The van der Waals surface area contributed by atoms with E-state index in [-0.39, 0.29) is 11.3 Å². The number of anilines is 1. The fourth-order valence-corrected chi connectivity index (χ4v) is 2.23. The Morgan fingerprint density at radius 3 is 2.60 bits per heavy atom. The topological polar surface area (TPSA) is 95.4 Å². The number of hydrogen-bond donors (Lipinski definition) is 2. The molecule has 1 aromatic rings. The van der Waals surface area contributed by atoms with Crippen molar-refractivity contribution in [3.05, 3.63) is 41.1 Å². The summed E-state index contributed by atoms with van der Waals surface area (Å²) in [6.07, 6.45) is 2.24. The van der Waals surface area contributed by atoms with Crippen molar-refractivity contribution in [2.24, 2.45) is 0 Å². The number of nitrogens with one attached hydrogen (secondary N) is 2. The lowest BCUT2D eigenvalue weighted by Gasteiger charge is -2.12. The first-order valence-electron chi connectivity index (χ1n) is 6.33. The lowest BCUT2D eigenvalue weighted by atomic mass is 10.0. The van der Waals surface area contributed by atoms with Gasteiger partial charge in [0.05, 0.1) is 0 Å². The van der Waals surface area contributed by atoms with Gasteiger partial charge in [-0.25, -0.2) is 0 Å². The second kappa shape index (κ2) is 6.38. The molecule has 1 unspecified atom stereocenters. The minimum atomic E-state index is -0.211. The number of nitrogens with zero attached hydrogens (tertiary/aromatic N) is 3. The molecule has 1 heterocycles. The normalized spacial score (nSPS) is 16.6. The summed E-state index contributed by atoms with van der Waals surface area (Å²) in [5, 5.41) is 32.9. The van der Waals surface area contributed by atoms with Gasteiger partial charge in [-0.15, -0.1) is 0 Å². The molecule has 2 rings (SSSR count). The van der Waals surface area contributed by atoms with Crippen LogP contribution in [0.1, 0.15) is 24.4 Å². The van der Waals surface area contributed by atoms with Gasteiger partial charge in [-0.3, -0.25) is 0 Å². The Morgan fingerprint density at radius 2 is 2.00 bits per heavy atom. The summed E-state index contributed by atoms with van der Waals surface area (Å²) in [5.74, 6) is 0. The number of allylic oxidation sites excluding steroid dienone is 2. The molecule has 1 fully saturated rings. The van der Waals surface area contributed by atoms with E-state index >= 15 is 0 Å². The van der Waals surface area contributed by atoms with Crippen molar-refractivity contribution in [2.75, 3.05) is 11.9 Å². The summed E-state index contributed by atoms with van der Waals surface area (Å²) in [7, 11) is 0. The van der Waals surface area contributed by atoms with Gasteiger partial charge in [-0.1, -0.05) is 12.1 Å². The predicted octanol–water partition coefficient (Wildman–Crippen LogP) is 2.35. The summed E-state index contributed by atoms with van der Waals surface area (Å²) in [5.41, 5.74) is 1.61. The highest BCUT2D eigenvalue weighted by atomic mass is 14.9. The zero-order chi connectivity index (χ0) is 14.4. The second-order valence-corrected chi connectivity index (χ2v) is 4.48. The third kappa shape index (κ3) is 2.95. The molecule has 0 spiro atoms. The Kier molecular flexibility index (Phi) is 4.35. The molecule has 0 saturated carbocycles. The first-order chi connectivity index (χ1) is 9.78. The van der Waals surface area contributed by atoms with Crippen LogP contribution >= 0.6 is 0 Å². The molecule has 0 amide bonds. The van der Waals surface area contributed by atoms with Crippen molar-refractivity contribution in [1.82, 2.24) is 5.32 Å². The van der Waals surface area contributed by atoms with Crippen LogP contribution in [0.4, 0.5) is 5.69 Å². The van der Waals surface area contributed by atoms with Gasteiger partial charge in [0.25, 0.3) is 0 Å². The van der Waals surface area contributed by atoms with Crippen LogP contribution < -0.4 is 10.6 Å². The molecule has 5 nitrogen and oxygen atoms in total. The zero-order valence-corrected chi connectivity index (χ0v) is 10.8. The predicted molar refractivity (Wildman–Crippen MR) is 73.9 cm³/mol. The van der Waals surface area contributed by atoms with Gasteiger partial charge in [0.2, 0.25) is 0 Å². The van der Waals surface area contributed by atoms with E-state index in [1.54, 1.807) is 12.1 Å². The molecule has 0 aromatic heterocycles.